The van der Waals surface area contributed by atoms with Crippen LogP contribution in [0.25, 0.3) is 0 Å². The van der Waals surface area contributed by atoms with Gasteiger partial charge in [0.1, 0.15) is 6.10 Å². The van der Waals surface area contributed by atoms with Crippen LogP contribution in [0, 0.1) is 0 Å². The molecule has 0 aromatic heterocycles. The minimum absolute atomic E-state index is 0.321. The Morgan fingerprint density at radius 3 is 2.15 bits per heavy atom. The summed E-state index contributed by atoms with van der Waals surface area (Å²) in [4.78, 5) is 23.2. The van der Waals surface area contributed by atoms with Gasteiger partial charge in [-0.1, -0.05) is 77.2 Å². The molecule has 0 bridgehead atoms. The first-order valence-electron chi connectivity index (χ1n) is 10.8. The van der Waals surface area contributed by atoms with Crippen molar-refractivity contribution in [2.75, 3.05) is 6.61 Å². The molecule has 2 atom stereocenters. The topological polar surface area (TPSA) is 72.8 Å². The summed E-state index contributed by atoms with van der Waals surface area (Å²) in [7, 11) is 0. The number of cyclic esters (lactones) is 1. The monoisotopic (exact) mass is 382 g/mol. The van der Waals surface area contributed by atoms with E-state index in [9.17, 15) is 14.7 Å². The van der Waals surface area contributed by atoms with Crippen molar-refractivity contribution in [3.05, 3.63) is 11.6 Å². The minimum atomic E-state index is -0.763. The van der Waals surface area contributed by atoms with E-state index in [1.807, 2.05) is 6.08 Å². The van der Waals surface area contributed by atoms with Crippen LogP contribution in [0.15, 0.2) is 11.6 Å². The third kappa shape index (κ3) is 10.5. The van der Waals surface area contributed by atoms with Crippen LogP contribution in [-0.2, 0) is 19.1 Å². The molecular formula is C22H38O5. The Morgan fingerprint density at radius 2 is 1.63 bits per heavy atom. The molecule has 156 valence electrons. The Kier molecular flexibility index (Phi) is 12.9. The molecule has 0 spiro atoms. The fourth-order valence-electron chi connectivity index (χ4n) is 3.46. The summed E-state index contributed by atoms with van der Waals surface area (Å²) < 4.78 is 10.4. The van der Waals surface area contributed by atoms with Crippen LogP contribution >= 0.6 is 0 Å². The quantitative estimate of drug-likeness (QED) is 0.264. The second-order valence-corrected chi connectivity index (χ2v) is 7.53. The van der Waals surface area contributed by atoms with Gasteiger partial charge in [-0.3, -0.25) is 4.79 Å². The third-order valence-corrected chi connectivity index (χ3v) is 5.05. The van der Waals surface area contributed by atoms with E-state index >= 15 is 0 Å². The van der Waals surface area contributed by atoms with E-state index in [-0.39, 0.29) is 6.61 Å². The molecule has 1 fully saturated rings. The van der Waals surface area contributed by atoms with E-state index in [1.165, 1.54) is 71.1 Å². The largest absolute Gasteiger partial charge is 0.458 e. The maximum absolute atomic E-state index is 12.0. The summed E-state index contributed by atoms with van der Waals surface area (Å²) in [5.74, 6) is -0.832. The third-order valence-electron chi connectivity index (χ3n) is 5.05. The molecule has 27 heavy (non-hydrogen) atoms. The lowest BCUT2D eigenvalue weighted by Crippen LogP contribution is -2.42. The van der Waals surface area contributed by atoms with Crippen molar-refractivity contribution in [1.82, 2.24) is 0 Å². The number of esters is 2. The number of carbonyl (C=O) groups is 2. The Labute approximate surface area is 164 Å². The molecule has 0 amide bonds. The molecule has 5 nitrogen and oxygen atoms in total. The van der Waals surface area contributed by atoms with E-state index in [0.29, 0.717) is 12.0 Å². The summed E-state index contributed by atoms with van der Waals surface area (Å²) in [6.07, 6.45) is 15.9. The molecular weight excluding hydrogens is 344 g/mol. The van der Waals surface area contributed by atoms with Gasteiger partial charge in [-0.05, 0) is 12.8 Å². The van der Waals surface area contributed by atoms with Gasteiger partial charge in [-0.15, -0.1) is 0 Å². The van der Waals surface area contributed by atoms with Gasteiger partial charge < -0.3 is 14.6 Å². The summed E-state index contributed by atoms with van der Waals surface area (Å²) in [6.45, 7) is 3.23. The second kappa shape index (κ2) is 14.7. The van der Waals surface area contributed by atoms with Gasteiger partial charge in [0.2, 0.25) is 0 Å². The zero-order valence-electron chi connectivity index (χ0n) is 17.2. The second-order valence-electron chi connectivity index (χ2n) is 7.53. The van der Waals surface area contributed by atoms with Crippen molar-refractivity contribution >= 4 is 11.9 Å². The smallest absolute Gasteiger partial charge is 0.334 e. The average Bonchev–Trinajstić information content (AvgIpc) is 2.64. The Morgan fingerprint density at radius 1 is 1.07 bits per heavy atom. The highest BCUT2D eigenvalue weighted by Crippen LogP contribution is 2.24. The molecule has 1 heterocycles. The molecule has 1 N–H and O–H groups in total. The van der Waals surface area contributed by atoms with Crippen LogP contribution < -0.4 is 0 Å². The Balaban J connectivity index is 2.15. The number of unbranched alkanes of at least 4 members (excludes halogenated alkanes) is 11. The first-order valence-corrected chi connectivity index (χ1v) is 10.8. The van der Waals surface area contributed by atoms with Crippen molar-refractivity contribution in [3.8, 4) is 0 Å². The molecule has 0 aliphatic carbocycles. The predicted octanol–water partition coefficient (Wildman–Crippen LogP) is 4.85. The van der Waals surface area contributed by atoms with Crippen LogP contribution in [-0.4, -0.2) is 35.9 Å². The Bertz CT molecular complexity index is 458. The molecule has 0 unspecified atom stereocenters. The van der Waals surface area contributed by atoms with Gasteiger partial charge in [-0.2, -0.15) is 0 Å². The number of aliphatic hydroxyl groups excluding tert-OH is 1. The molecule has 0 radical (unpaired) electrons. The van der Waals surface area contributed by atoms with Gasteiger partial charge in [0.15, 0.2) is 6.10 Å². The first-order chi connectivity index (χ1) is 13.1. The molecule has 1 saturated heterocycles. The van der Waals surface area contributed by atoms with Crippen molar-refractivity contribution in [2.24, 2.45) is 0 Å². The standard InChI is InChI=1S/C22H38O5/c1-3-4-5-6-7-8-9-10-11-12-13-14-15-19-16-20(26-18(2)24)21(17-23)27-22(19)25/h15,20-21,23H,3-14,16-17H2,1-2H3/b19-15-/t20-,21+/m1/s1. The van der Waals surface area contributed by atoms with Gasteiger partial charge in [-0.25, -0.2) is 4.79 Å². The van der Waals surface area contributed by atoms with E-state index in [4.69, 9.17) is 9.47 Å². The fraction of sp³-hybridized carbons (Fsp3) is 0.818. The molecule has 0 aromatic carbocycles. The minimum Gasteiger partial charge on any atom is -0.458 e. The van der Waals surface area contributed by atoms with Gasteiger partial charge in [0, 0.05) is 18.9 Å². The number of allylic oxidation sites excluding steroid dienone is 1. The predicted molar refractivity (Wildman–Crippen MR) is 106 cm³/mol. The maximum Gasteiger partial charge on any atom is 0.334 e. The number of rotatable bonds is 14. The van der Waals surface area contributed by atoms with Crippen molar-refractivity contribution in [2.45, 2.75) is 110 Å². The summed E-state index contributed by atoms with van der Waals surface area (Å²) in [6, 6.07) is 0. The fourth-order valence-corrected chi connectivity index (χ4v) is 3.46. The van der Waals surface area contributed by atoms with Crippen LogP contribution in [0.4, 0.5) is 0 Å². The zero-order valence-corrected chi connectivity index (χ0v) is 17.2. The highest BCUT2D eigenvalue weighted by Gasteiger charge is 2.35. The first kappa shape index (κ1) is 23.7. The summed E-state index contributed by atoms with van der Waals surface area (Å²) in [5, 5.41) is 9.28. The average molecular weight is 383 g/mol. The highest BCUT2D eigenvalue weighted by molar-refractivity contribution is 5.89. The lowest BCUT2D eigenvalue weighted by Gasteiger charge is -2.30. The molecule has 1 rings (SSSR count). The Hall–Kier alpha value is -1.36. The lowest BCUT2D eigenvalue weighted by molar-refractivity contribution is -0.173. The lowest BCUT2D eigenvalue weighted by atomic mass is 9.98. The van der Waals surface area contributed by atoms with Crippen LogP contribution in [0.3, 0.4) is 0 Å². The van der Waals surface area contributed by atoms with Gasteiger partial charge in [0.05, 0.1) is 6.61 Å². The number of aliphatic hydroxyl groups is 1. The van der Waals surface area contributed by atoms with Crippen LogP contribution in [0.2, 0.25) is 0 Å². The number of hydrogen-bond donors (Lipinski definition) is 1. The van der Waals surface area contributed by atoms with Crippen LogP contribution in [0.1, 0.15) is 97.3 Å². The highest BCUT2D eigenvalue weighted by atomic mass is 16.6. The molecule has 1 aliphatic heterocycles. The van der Waals surface area contributed by atoms with Crippen LogP contribution in [0.5, 0.6) is 0 Å². The maximum atomic E-state index is 12.0. The van der Waals surface area contributed by atoms with Crippen molar-refractivity contribution in [1.29, 1.82) is 0 Å². The summed E-state index contributed by atoms with van der Waals surface area (Å²) >= 11 is 0. The zero-order chi connectivity index (χ0) is 19.9. The van der Waals surface area contributed by atoms with E-state index in [2.05, 4.69) is 6.92 Å². The SMILES string of the molecule is CCCCCCCCCCCCC/C=C1/C[C@@H](OC(C)=O)[C@H](CO)OC1=O. The van der Waals surface area contributed by atoms with Gasteiger partial charge >= 0.3 is 11.9 Å². The van der Waals surface area contributed by atoms with E-state index < -0.39 is 24.1 Å². The van der Waals surface area contributed by atoms with E-state index in [1.54, 1.807) is 0 Å². The number of carbonyl (C=O) groups excluding carboxylic acids is 2. The number of ether oxygens (including phenoxy) is 2. The summed E-state index contributed by atoms with van der Waals surface area (Å²) in [5.41, 5.74) is 0.554. The van der Waals surface area contributed by atoms with E-state index in [0.717, 1.165) is 12.8 Å². The molecule has 0 aromatic rings. The van der Waals surface area contributed by atoms with Crippen molar-refractivity contribution in [3.63, 3.8) is 0 Å². The molecule has 0 saturated carbocycles. The van der Waals surface area contributed by atoms with Gasteiger partial charge in [0.25, 0.3) is 0 Å². The number of hydrogen-bond acceptors (Lipinski definition) is 5. The molecule has 5 heteroatoms. The molecule has 1 aliphatic rings. The van der Waals surface area contributed by atoms with Crippen molar-refractivity contribution < 1.29 is 24.2 Å². The normalized spacial score (nSPS) is 21.3.